The van der Waals surface area contributed by atoms with Crippen LogP contribution < -0.4 is 10.1 Å². The first-order valence-electron chi connectivity index (χ1n) is 6.53. The molecule has 0 aliphatic carbocycles. The van der Waals surface area contributed by atoms with Crippen molar-refractivity contribution in [2.24, 2.45) is 0 Å². The van der Waals surface area contributed by atoms with Crippen molar-refractivity contribution in [1.82, 2.24) is 4.98 Å². The molecule has 1 aromatic carbocycles. The summed E-state index contributed by atoms with van der Waals surface area (Å²) in [4.78, 5) is 17.1. The van der Waals surface area contributed by atoms with E-state index in [1.807, 2.05) is 38.1 Å². The molecule has 0 spiro atoms. The quantitative estimate of drug-likeness (QED) is 0.891. The largest absolute Gasteiger partial charge is 0.497 e. The van der Waals surface area contributed by atoms with Gasteiger partial charge in [-0.25, -0.2) is 4.98 Å². The van der Waals surface area contributed by atoms with E-state index in [1.54, 1.807) is 7.11 Å². The van der Waals surface area contributed by atoms with E-state index < -0.39 is 0 Å². The van der Waals surface area contributed by atoms with Crippen molar-refractivity contribution in [2.75, 3.05) is 19.0 Å². The van der Waals surface area contributed by atoms with Gasteiger partial charge in [0.15, 0.2) is 5.13 Å². The van der Waals surface area contributed by atoms with Crippen LogP contribution in [0.4, 0.5) is 5.13 Å². The second kappa shape index (κ2) is 7.19. The summed E-state index contributed by atoms with van der Waals surface area (Å²) in [6.45, 7) is 4.28. The number of aryl methyl sites for hydroxylation is 2. The van der Waals surface area contributed by atoms with Crippen molar-refractivity contribution in [3.63, 3.8) is 0 Å². The van der Waals surface area contributed by atoms with Crippen LogP contribution in [0.3, 0.4) is 0 Å². The van der Waals surface area contributed by atoms with Gasteiger partial charge in [0, 0.05) is 4.88 Å². The summed E-state index contributed by atoms with van der Waals surface area (Å²) in [6, 6.07) is 7.54. The number of aromatic nitrogens is 1. The van der Waals surface area contributed by atoms with Gasteiger partial charge in [-0.05, 0) is 31.5 Å². The molecule has 0 atom stereocenters. The molecule has 0 radical (unpaired) electrons. The van der Waals surface area contributed by atoms with Crippen molar-refractivity contribution in [3.8, 4) is 5.75 Å². The van der Waals surface area contributed by atoms with Gasteiger partial charge in [-0.1, -0.05) is 12.1 Å². The maximum atomic E-state index is 11.7. The Morgan fingerprint density at radius 3 is 2.57 bits per heavy atom. The number of carbonyl (C=O) groups is 1. The molecular weight excluding hydrogens is 288 g/mol. The van der Waals surface area contributed by atoms with Gasteiger partial charge < -0.3 is 9.47 Å². The Morgan fingerprint density at radius 2 is 2.00 bits per heavy atom. The number of rotatable bonds is 6. The lowest BCUT2D eigenvalue weighted by molar-refractivity contribution is -0.121. The number of hydrogen-bond acceptors (Lipinski definition) is 5. The number of ether oxygens (including phenoxy) is 2. The Labute approximate surface area is 127 Å². The van der Waals surface area contributed by atoms with Crippen LogP contribution in [0.5, 0.6) is 5.75 Å². The zero-order valence-corrected chi connectivity index (χ0v) is 13.1. The monoisotopic (exact) mass is 306 g/mol. The fourth-order valence-electron chi connectivity index (χ4n) is 1.66. The normalized spacial score (nSPS) is 10.4. The average Bonchev–Trinajstić information content (AvgIpc) is 2.78. The minimum atomic E-state index is -0.197. The Hall–Kier alpha value is -1.92. The molecule has 2 rings (SSSR count). The van der Waals surface area contributed by atoms with Crippen LogP contribution in [0, 0.1) is 13.8 Å². The van der Waals surface area contributed by atoms with E-state index in [-0.39, 0.29) is 12.5 Å². The molecule has 112 valence electrons. The molecule has 1 aromatic heterocycles. The molecule has 0 unspecified atom stereocenters. The number of thiazole rings is 1. The summed E-state index contributed by atoms with van der Waals surface area (Å²) in [5.41, 5.74) is 1.93. The van der Waals surface area contributed by atoms with Crippen LogP contribution in [-0.2, 0) is 16.1 Å². The maximum Gasteiger partial charge on any atom is 0.252 e. The number of methoxy groups -OCH3 is 1. The van der Waals surface area contributed by atoms with E-state index in [2.05, 4.69) is 10.3 Å². The number of nitrogens with zero attached hydrogens (tertiary/aromatic N) is 1. The number of benzene rings is 1. The molecule has 21 heavy (non-hydrogen) atoms. The Bertz CT molecular complexity index is 588. The van der Waals surface area contributed by atoms with Crippen molar-refractivity contribution in [2.45, 2.75) is 20.5 Å². The van der Waals surface area contributed by atoms with Gasteiger partial charge in [0.25, 0.3) is 5.91 Å². The van der Waals surface area contributed by atoms with Gasteiger partial charge in [0.05, 0.1) is 19.4 Å². The molecule has 2 aromatic rings. The standard InChI is InChI=1S/C15H18N2O3S/c1-10-11(2)21-15(16-10)17-14(18)9-20-8-12-4-6-13(19-3)7-5-12/h4-7H,8-9H2,1-3H3,(H,16,17,18). The van der Waals surface area contributed by atoms with E-state index >= 15 is 0 Å². The van der Waals surface area contributed by atoms with E-state index in [9.17, 15) is 4.79 Å². The average molecular weight is 306 g/mol. The molecule has 0 saturated carbocycles. The second-order valence-corrected chi connectivity index (χ2v) is 5.75. The van der Waals surface area contributed by atoms with Gasteiger partial charge in [0.2, 0.25) is 0 Å². The highest BCUT2D eigenvalue weighted by molar-refractivity contribution is 7.15. The maximum absolute atomic E-state index is 11.7. The van der Waals surface area contributed by atoms with Crippen LogP contribution in [0.1, 0.15) is 16.1 Å². The highest BCUT2D eigenvalue weighted by atomic mass is 32.1. The topological polar surface area (TPSA) is 60.5 Å². The molecule has 1 N–H and O–H groups in total. The molecule has 0 aliphatic rings. The van der Waals surface area contributed by atoms with E-state index in [0.29, 0.717) is 11.7 Å². The first kappa shape index (κ1) is 15.5. The zero-order valence-electron chi connectivity index (χ0n) is 12.3. The van der Waals surface area contributed by atoms with Gasteiger partial charge >= 0.3 is 0 Å². The zero-order chi connectivity index (χ0) is 15.2. The van der Waals surface area contributed by atoms with Crippen LogP contribution in [0.2, 0.25) is 0 Å². The van der Waals surface area contributed by atoms with Crippen LogP contribution in [0.25, 0.3) is 0 Å². The summed E-state index contributed by atoms with van der Waals surface area (Å²) in [5.74, 6) is 0.600. The number of anilines is 1. The highest BCUT2D eigenvalue weighted by Crippen LogP contribution is 2.20. The van der Waals surface area contributed by atoms with Gasteiger partial charge in [0.1, 0.15) is 12.4 Å². The fraction of sp³-hybridized carbons (Fsp3) is 0.333. The van der Waals surface area contributed by atoms with E-state index in [4.69, 9.17) is 9.47 Å². The minimum absolute atomic E-state index is 0.00368. The number of carbonyl (C=O) groups excluding carboxylic acids is 1. The molecular formula is C15H18N2O3S. The summed E-state index contributed by atoms with van der Waals surface area (Å²) >= 11 is 1.46. The second-order valence-electron chi connectivity index (χ2n) is 4.55. The van der Waals surface area contributed by atoms with Crippen LogP contribution in [-0.4, -0.2) is 24.6 Å². The summed E-state index contributed by atoms with van der Waals surface area (Å²) < 4.78 is 10.5. The molecule has 1 amide bonds. The molecule has 6 heteroatoms. The fourth-order valence-corrected chi connectivity index (χ4v) is 2.50. The smallest absolute Gasteiger partial charge is 0.252 e. The molecule has 0 bridgehead atoms. The number of nitrogens with one attached hydrogen (secondary N) is 1. The molecule has 0 fully saturated rings. The lowest BCUT2D eigenvalue weighted by Gasteiger charge is -2.05. The lowest BCUT2D eigenvalue weighted by atomic mass is 10.2. The SMILES string of the molecule is COc1ccc(COCC(=O)Nc2nc(C)c(C)s2)cc1. The first-order valence-corrected chi connectivity index (χ1v) is 7.34. The molecule has 0 saturated heterocycles. The minimum Gasteiger partial charge on any atom is -0.497 e. The predicted molar refractivity (Wildman–Crippen MR) is 82.9 cm³/mol. The van der Waals surface area contributed by atoms with Crippen molar-refractivity contribution >= 4 is 22.4 Å². The van der Waals surface area contributed by atoms with Gasteiger partial charge in [-0.3, -0.25) is 10.1 Å². The predicted octanol–water partition coefficient (Wildman–Crippen LogP) is 2.92. The van der Waals surface area contributed by atoms with Gasteiger partial charge in [-0.15, -0.1) is 11.3 Å². The molecule has 0 aliphatic heterocycles. The number of amides is 1. The number of hydrogen-bond donors (Lipinski definition) is 1. The van der Waals surface area contributed by atoms with E-state index in [0.717, 1.165) is 21.9 Å². The van der Waals surface area contributed by atoms with Crippen LogP contribution in [0.15, 0.2) is 24.3 Å². The van der Waals surface area contributed by atoms with Gasteiger partial charge in [-0.2, -0.15) is 0 Å². The Kier molecular flexibility index (Phi) is 5.30. The molecule has 1 heterocycles. The summed E-state index contributed by atoms with van der Waals surface area (Å²) in [6.07, 6.45) is 0. The van der Waals surface area contributed by atoms with Crippen molar-refractivity contribution in [3.05, 3.63) is 40.4 Å². The van der Waals surface area contributed by atoms with Crippen molar-refractivity contribution < 1.29 is 14.3 Å². The third-order valence-corrected chi connectivity index (χ3v) is 3.92. The molecule has 5 nitrogen and oxygen atoms in total. The highest BCUT2D eigenvalue weighted by Gasteiger charge is 2.08. The Morgan fingerprint density at radius 1 is 1.29 bits per heavy atom. The van der Waals surface area contributed by atoms with Crippen molar-refractivity contribution in [1.29, 1.82) is 0 Å². The third kappa shape index (κ3) is 4.54. The summed E-state index contributed by atoms with van der Waals surface area (Å²) in [7, 11) is 1.62. The summed E-state index contributed by atoms with van der Waals surface area (Å²) in [5, 5.41) is 3.35. The first-order chi connectivity index (χ1) is 10.1. The Balaban J connectivity index is 1.76. The lowest BCUT2D eigenvalue weighted by Crippen LogP contribution is -2.18. The van der Waals surface area contributed by atoms with Crippen LogP contribution >= 0.6 is 11.3 Å². The third-order valence-electron chi connectivity index (χ3n) is 2.94. The van der Waals surface area contributed by atoms with E-state index in [1.165, 1.54) is 11.3 Å².